The van der Waals surface area contributed by atoms with E-state index in [0.717, 1.165) is 24.8 Å². The zero-order valence-electron chi connectivity index (χ0n) is 16.4. The first kappa shape index (κ1) is 19.6. The number of hydrogen-bond donors (Lipinski definition) is 2. The normalized spacial score (nSPS) is 17.8. The number of nitrogens with zero attached hydrogens (tertiary/aromatic N) is 2. The molecule has 1 aromatic rings. The molecule has 1 fully saturated rings. The summed E-state index contributed by atoms with van der Waals surface area (Å²) in [6, 6.07) is 8.55. The Morgan fingerprint density at radius 2 is 1.92 bits per heavy atom. The first-order valence-corrected chi connectivity index (χ1v) is 9.28. The molecule has 0 aromatic heterocycles. The fraction of sp³-hybridized carbons (Fsp3) is 0.650. The summed E-state index contributed by atoms with van der Waals surface area (Å²) in [7, 11) is 7.74. The summed E-state index contributed by atoms with van der Waals surface area (Å²) in [6.07, 6.45) is 5.27. The quantitative estimate of drug-likeness (QED) is 0.561. The molecule has 5 nitrogen and oxygen atoms in total. The third-order valence-corrected chi connectivity index (χ3v) is 5.61. The van der Waals surface area contributed by atoms with Crippen LogP contribution in [0.3, 0.4) is 0 Å². The van der Waals surface area contributed by atoms with Gasteiger partial charge in [-0.1, -0.05) is 25.5 Å². The van der Waals surface area contributed by atoms with Crippen LogP contribution in [-0.4, -0.2) is 52.2 Å². The van der Waals surface area contributed by atoms with E-state index in [1.54, 1.807) is 7.11 Å². The molecule has 0 radical (unpaired) electrons. The number of guanidine groups is 1. The number of hydrogen-bond acceptors (Lipinski definition) is 3. The van der Waals surface area contributed by atoms with Crippen LogP contribution in [0.25, 0.3) is 0 Å². The molecule has 140 valence electrons. The Morgan fingerprint density at radius 1 is 1.24 bits per heavy atom. The monoisotopic (exact) mass is 346 g/mol. The number of likely N-dealkylation sites (N-methyl/N-ethyl adjacent to an activating group) is 1. The zero-order valence-corrected chi connectivity index (χ0v) is 16.4. The minimum Gasteiger partial charge on any atom is -0.497 e. The maximum absolute atomic E-state index is 5.26. The Kier molecular flexibility index (Phi) is 7.12. The third kappa shape index (κ3) is 5.11. The van der Waals surface area contributed by atoms with E-state index in [1.165, 1.54) is 31.2 Å². The molecule has 1 aliphatic carbocycles. The minimum absolute atomic E-state index is 0.272. The van der Waals surface area contributed by atoms with E-state index in [9.17, 15) is 0 Å². The van der Waals surface area contributed by atoms with E-state index in [4.69, 9.17) is 4.74 Å². The van der Waals surface area contributed by atoms with Gasteiger partial charge < -0.3 is 20.3 Å². The molecule has 1 aromatic carbocycles. The molecule has 5 heteroatoms. The van der Waals surface area contributed by atoms with E-state index in [2.05, 4.69) is 53.7 Å². The van der Waals surface area contributed by atoms with Crippen molar-refractivity contribution < 1.29 is 4.74 Å². The SMILES string of the molecule is CCC1(CNC(=NC)NCC(c2ccc(OC)cc2)N(C)C)CCC1. The highest BCUT2D eigenvalue weighted by atomic mass is 16.5. The van der Waals surface area contributed by atoms with Gasteiger partial charge in [-0.2, -0.15) is 0 Å². The van der Waals surface area contributed by atoms with Crippen molar-refractivity contribution in [1.29, 1.82) is 0 Å². The van der Waals surface area contributed by atoms with Crippen LogP contribution in [0.1, 0.15) is 44.2 Å². The average molecular weight is 347 g/mol. The van der Waals surface area contributed by atoms with Crippen molar-refractivity contribution in [2.75, 3.05) is 41.3 Å². The number of aliphatic imine (C=N–C) groups is 1. The van der Waals surface area contributed by atoms with Gasteiger partial charge in [-0.05, 0) is 56.5 Å². The summed E-state index contributed by atoms with van der Waals surface area (Å²) in [5.74, 6) is 1.78. The molecule has 1 aliphatic rings. The van der Waals surface area contributed by atoms with E-state index in [0.29, 0.717) is 5.41 Å². The summed E-state index contributed by atoms with van der Waals surface area (Å²) in [6.45, 7) is 4.11. The summed E-state index contributed by atoms with van der Waals surface area (Å²) >= 11 is 0. The van der Waals surface area contributed by atoms with E-state index >= 15 is 0 Å². The number of ether oxygens (including phenoxy) is 1. The molecule has 2 N–H and O–H groups in total. The van der Waals surface area contributed by atoms with Crippen molar-refractivity contribution in [2.24, 2.45) is 10.4 Å². The molecule has 0 aliphatic heterocycles. The first-order valence-electron chi connectivity index (χ1n) is 9.28. The fourth-order valence-electron chi connectivity index (χ4n) is 3.44. The second-order valence-electron chi connectivity index (χ2n) is 7.27. The smallest absolute Gasteiger partial charge is 0.191 e. The summed E-state index contributed by atoms with van der Waals surface area (Å²) in [5, 5.41) is 7.02. The molecule has 0 amide bonds. The topological polar surface area (TPSA) is 48.9 Å². The summed E-state index contributed by atoms with van der Waals surface area (Å²) in [5.41, 5.74) is 1.74. The predicted octanol–water partition coefficient (Wildman–Crippen LogP) is 3.04. The Morgan fingerprint density at radius 3 is 2.36 bits per heavy atom. The third-order valence-electron chi connectivity index (χ3n) is 5.61. The van der Waals surface area contributed by atoms with Crippen LogP contribution in [0.5, 0.6) is 5.75 Å². The molecule has 1 atom stereocenters. The molecule has 0 spiro atoms. The van der Waals surface area contributed by atoms with Crippen molar-refractivity contribution in [3.05, 3.63) is 29.8 Å². The van der Waals surface area contributed by atoms with Gasteiger partial charge in [0, 0.05) is 20.1 Å². The zero-order chi connectivity index (χ0) is 18.3. The maximum Gasteiger partial charge on any atom is 0.191 e. The lowest BCUT2D eigenvalue weighted by molar-refractivity contribution is 0.131. The molecule has 2 rings (SSSR count). The van der Waals surface area contributed by atoms with Crippen molar-refractivity contribution in [3.8, 4) is 5.75 Å². The molecule has 0 saturated heterocycles. The minimum atomic E-state index is 0.272. The Bertz CT molecular complexity index is 544. The van der Waals surface area contributed by atoms with Crippen LogP contribution in [0.15, 0.2) is 29.3 Å². The van der Waals surface area contributed by atoms with Crippen LogP contribution in [0.2, 0.25) is 0 Å². The lowest BCUT2D eigenvalue weighted by Crippen LogP contribution is -2.47. The van der Waals surface area contributed by atoms with Crippen LogP contribution in [0.4, 0.5) is 0 Å². The van der Waals surface area contributed by atoms with Gasteiger partial charge in [0.15, 0.2) is 5.96 Å². The van der Waals surface area contributed by atoms with Gasteiger partial charge in [0.1, 0.15) is 5.75 Å². The molecular weight excluding hydrogens is 312 g/mol. The predicted molar refractivity (Wildman–Crippen MR) is 105 cm³/mol. The van der Waals surface area contributed by atoms with Gasteiger partial charge in [0.25, 0.3) is 0 Å². The Hall–Kier alpha value is -1.75. The van der Waals surface area contributed by atoms with Gasteiger partial charge >= 0.3 is 0 Å². The number of rotatable bonds is 8. The lowest BCUT2D eigenvalue weighted by atomic mass is 9.67. The van der Waals surface area contributed by atoms with Crippen LogP contribution in [0, 0.1) is 5.41 Å². The number of benzene rings is 1. The first-order chi connectivity index (χ1) is 12.0. The molecular formula is C20H34N4O. The van der Waals surface area contributed by atoms with Crippen LogP contribution in [-0.2, 0) is 0 Å². The second kappa shape index (κ2) is 9.09. The standard InChI is InChI=1S/C20H34N4O/c1-6-20(12-7-13-20)15-23-19(21-2)22-14-18(24(3)4)16-8-10-17(25-5)11-9-16/h8-11,18H,6-7,12-15H2,1-5H3,(H2,21,22,23). The summed E-state index contributed by atoms with van der Waals surface area (Å²) < 4.78 is 5.26. The highest BCUT2D eigenvalue weighted by Crippen LogP contribution is 2.42. The van der Waals surface area contributed by atoms with Gasteiger partial charge in [-0.3, -0.25) is 4.99 Å². The largest absolute Gasteiger partial charge is 0.497 e. The molecule has 1 unspecified atom stereocenters. The maximum atomic E-state index is 5.26. The average Bonchev–Trinajstić information content (AvgIpc) is 2.59. The molecule has 0 bridgehead atoms. The van der Waals surface area contributed by atoms with Gasteiger partial charge in [0.2, 0.25) is 0 Å². The number of nitrogens with one attached hydrogen (secondary N) is 2. The van der Waals surface area contributed by atoms with E-state index < -0.39 is 0 Å². The van der Waals surface area contributed by atoms with Crippen molar-refractivity contribution >= 4 is 5.96 Å². The Balaban J connectivity index is 1.92. The second-order valence-corrected chi connectivity index (χ2v) is 7.27. The summed E-state index contributed by atoms with van der Waals surface area (Å²) in [4.78, 5) is 6.62. The van der Waals surface area contributed by atoms with Crippen LogP contribution >= 0.6 is 0 Å². The lowest BCUT2D eigenvalue weighted by Gasteiger charge is -2.41. The van der Waals surface area contributed by atoms with Gasteiger partial charge in [-0.25, -0.2) is 0 Å². The number of methoxy groups -OCH3 is 1. The van der Waals surface area contributed by atoms with E-state index in [1.807, 2.05) is 19.2 Å². The molecule has 25 heavy (non-hydrogen) atoms. The van der Waals surface area contributed by atoms with Gasteiger partial charge in [0.05, 0.1) is 13.2 Å². The molecule has 0 heterocycles. The van der Waals surface area contributed by atoms with Gasteiger partial charge in [-0.15, -0.1) is 0 Å². The fourth-order valence-corrected chi connectivity index (χ4v) is 3.44. The van der Waals surface area contributed by atoms with Crippen molar-refractivity contribution in [1.82, 2.24) is 15.5 Å². The molecule has 1 saturated carbocycles. The van der Waals surface area contributed by atoms with Crippen LogP contribution < -0.4 is 15.4 Å². The van der Waals surface area contributed by atoms with Crippen molar-refractivity contribution in [3.63, 3.8) is 0 Å². The highest BCUT2D eigenvalue weighted by molar-refractivity contribution is 5.79. The highest BCUT2D eigenvalue weighted by Gasteiger charge is 2.34. The van der Waals surface area contributed by atoms with Crippen molar-refractivity contribution in [2.45, 2.75) is 38.6 Å². The van der Waals surface area contributed by atoms with E-state index in [-0.39, 0.29) is 6.04 Å². The Labute approximate surface area is 152 Å².